The van der Waals surface area contributed by atoms with Crippen molar-refractivity contribution in [3.8, 4) is 5.75 Å². The average Bonchev–Trinajstić information content (AvgIpc) is 3.36. The lowest BCUT2D eigenvalue weighted by atomic mass is 9.55. The molecule has 240 valence electrons. The molecule has 0 amide bonds. The summed E-state index contributed by atoms with van der Waals surface area (Å²) in [5.74, 6) is 0.583. The number of fused-ring (bicyclic) bond motifs is 2. The van der Waals surface area contributed by atoms with Crippen LogP contribution in [0, 0.1) is 11.3 Å². The van der Waals surface area contributed by atoms with Crippen molar-refractivity contribution in [2.24, 2.45) is 11.3 Å². The first-order chi connectivity index (χ1) is 20.0. The summed E-state index contributed by atoms with van der Waals surface area (Å²) in [7, 11) is 0. The number of ketones is 1. The van der Waals surface area contributed by atoms with Crippen molar-refractivity contribution in [3.05, 3.63) is 70.6 Å². The fourth-order valence-electron chi connectivity index (χ4n) is 6.93. The Bertz CT molecular complexity index is 1540. The fourth-order valence-corrected chi connectivity index (χ4v) is 6.93. The van der Waals surface area contributed by atoms with Crippen LogP contribution in [-0.4, -0.2) is 23.2 Å². The number of nitrogen functional groups attached to an aromatic ring is 1. The molecule has 0 saturated heterocycles. The highest BCUT2D eigenvalue weighted by atomic mass is 16.5. The van der Waals surface area contributed by atoms with Gasteiger partial charge in [-0.25, -0.2) is 4.99 Å². The minimum absolute atomic E-state index is 0. The number of nitrogens with one attached hydrogen (secondary N) is 2. The zero-order valence-electron chi connectivity index (χ0n) is 28.1. The van der Waals surface area contributed by atoms with Gasteiger partial charge in [0.05, 0.1) is 12.0 Å². The molecule has 6 heteroatoms. The topological polar surface area (TPSA) is 98.5 Å². The number of carbonyl (C=O) groups is 1. The maximum Gasteiger partial charge on any atom is 0.208 e. The van der Waals surface area contributed by atoms with Crippen molar-refractivity contribution in [1.82, 2.24) is 0 Å². The Morgan fingerprint density at radius 1 is 1.07 bits per heavy atom. The molecule has 1 aliphatic carbocycles. The smallest absolute Gasteiger partial charge is 0.208 e. The second-order valence-corrected chi connectivity index (χ2v) is 13.9. The number of aliphatic hydroxyl groups excluding tert-OH is 1. The third kappa shape index (κ3) is 4.95. The maximum atomic E-state index is 14.2. The number of ether oxygens (including phenoxy) is 1. The maximum absolute atomic E-state index is 14.2. The van der Waals surface area contributed by atoms with Crippen LogP contribution in [0.15, 0.2) is 53.9 Å². The van der Waals surface area contributed by atoms with Gasteiger partial charge in [-0.15, -0.1) is 0 Å². The zero-order valence-corrected chi connectivity index (χ0v) is 28.1. The number of Topliss-reactive ketones (excluding diaryl/α,β-unsaturated/α-hetero) is 1. The molecule has 5 rings (SSSR count). The summed E-state index contributed by atoms with van der Waals surface area (Å²) in [6.07, 6.45) is 2.04. The van der Waals surface area contributed by atoms with Gasteiger partial charge < -0.3 is 20.9 Å². The van der Waals surface area contributed by atoms with Gasteiger partial charge in [-0.2, -0.15) is 0 Å². The van der Waals surface area contributed by atoms with E-state index in [9.17, 15) is 9.90 Å². The number of nitrogens with two attached hydrogens (primary N) is 1. The van der Waals surface area contributed by atoms with Crippen LogP contribution >= 0.6 is 0 Å². The lowest BCUT2D eigenvalue weighted by molar-refractivity contribution is -0.356. The minimum Gasteiger partial charge on any atom is -0.510 e. The second-order valence-electron chi connectivity index (χ2n) is 13.9. The van der Waals surface area contributed by atoms with E-state index in [-0.39, 0.29) is 30.3 Å². The molecule has 0 fully saturated rings. The Kier molecular flexibility index (Phi) is 9.34. The summed E-state index contributed by atoms with van der Waals surface area (Å²) in [5.41, 5.74) is 12.2. The molecule has 2 aliphatic heterocycles. The molecule has 5 N–H and O–H groups in total. The molecule has 6 nitrogen and oxygen atoms in total. The van der Waals surface area contributed by atoms with Crippen molar-refractivity contribution < 1.29 is 19.6 Å². The highest BCUT2D eigenvalue weighted by Gasteiger charge is 2.65. The molecule has 3 aliphatic rings. The van der Waals surface area contributed by atoms with E-state index < -0.39 is 16.2 Å². The molecule has 2 unspecified atom stereocenters. The molecule has 2 atom stereocenters. The van der Waals surface area contributed by atoms with Crippen molar-refractivity contribution in [2.45, 2.75) is 113 Å². The Morgan fingerprint density at radius 3 is 2.30 bits per heavy atom. The van der Waals surface area contributed by atoms with Gasteiger partial charge in [0.15, 0.2) is 16.9 Å². The number of hydrogen-bond donors (Lipinski definition) is 4. The van der Waals surface area contributed by atoms with Gasteiger partial charge in [-0.05, 0) is 73.9 Å². The molecule has 44 heavy (non-hydrogen) atoms. The van der Waals surface area contributed by atoms with Crippen LogP contribution in [0.1, 0.15) is 113 Å². The van der Waals surface area contributed by atoms with Crippen LogP contribution in [0.3, 0.4) is 0 Å². The third-order valence-corrected chi connectivity index (χ3v) is 10.4. The first-order valence-corrected chi connectivity index (χ1v) is 15.8. The molecule has 2 aromatic rings. The van der Waals surface area contributed by atoms with Gasteiger partial charge >= 0.3 is 0 Å². The number of allylic oxidation sites excluding steroid dienone is 3. The van der Waals surface area contributed by atoms with Crippen LogP contribution in [0.25, 0.3) is 0 Å². The predicted octanol–water partition coefficient (Wildman–Crippen LogP) is 7.79. The van der Waals surface area contributed by atoms with E-state index in [2.05, 4.69) is 77.5 Å². The largest absolute Gasteiger partial charge is 0.510 e. The summed E-state index contributed by atoms with van der Waals surface area (Å²) in [5, 5.41) is 15.2. The van der Waals surface area contributed by atoms with Crippen molar-refractivity contribution >= 4 is 28.6 Å². The van der Waals surface area contributed by atoms with Gasteiger partial charge in [0.2, 0.25) is 5.69 Å². The number of benzene rings is 2. The van der Waals surface area contributed by atoms with Crippen LogP contribution in [0.4, 0.5) is 17.1 Å². The number of unbranched alkanes of at least 4 members (excludes halogenated alkanes) is 1. The Balaban J connectivity index is 0.00000173. The van der Waals surface area contributed by atoms with Gasteiger partial charge in [0, 0.05) is 39.7 Å². The molecule has 0 radical (unpaired) electrons. The van der Waals surface area contributed by atoms with Crippen molar-refractivity contribution in [2.75, 3.05) is 17.7 Å². The molecule has 0 saturated carbocycles. The van der Waals surface area contributed by atoms with E-state index in [1.54, 1.807) is 0 Å². The third-order valence-electron chi connectivity index (χ3n) is 10.4. The standard InChI is InChI=1S/C35H45N3O3.C2H6.CH4/c1-11-12-15-41-21-13-14-25(36)22(16-21)32(4,5)19(2)28-29(39)35(10,30(28)40)31-34(8,9)24-18-26-23(17-27(24)38-31)33(6,7)20(3)37-26;1-2;/h13-14,16-19,37,39H,3,11-12,15,36H2,1-2,4-10H3;1-2H3;1H4/p+1. The summed E-state index contributed by atoms with van der Waals surface area (Å²) in [6.45, 7) is 27.5. The second kappa shape index (κ2) is 11.8. The fraction of sp³-hybridized carbons (Fsp3) is 0.526. The molecule has 0 aromatic heterocycles. The van der Waals surface area contributed by atoms with Gasteiger partial charge in [0.25, 0.3) is 0 Å². The van der Waals surface area contributed by atoms with Crippen LogP contribution in [-0.2, 0) is 21.0 Å². The molecular formula is C38H56N3O3+. The zero-order chi connectivity index (χ0) is 32.3. The summed E-state index contributed by atoms with van der Waals surface area (Å²) < 4.78 is 5.96. The number of carbonyl (C=O) groups excluding carboxylic acids is 1. The molecule has 0 spiro atoms. The Hall–Kier alpha value is -3.54. The first-order valence-electron chi connectivity index (χ1n) is 15.8. The van der Waals surface area contributed by atoms with Gasteiger partial charge in [-0.3, -0.25) is 4.79 Å². The molecule has 2 heterocycles. The lowest BCUT2D eigenvalue weighted by Gasteiger charge is -2.45. The normalized spacial score (nSPS) is 21.6. The number of aliphatic hydroxyl groups is 1. The lowest BCUT2D eigenvalue weighted by Crippen LogP contribution is -2.73. The van der Waals surface area contributed by atoms with Crippen LogP contribution in [0.2, 0.25) is 0 Å². The monoisotopic (exact) mass is 602 g/mol. The van der Waals surface area contributed by atoms with Gasteiger partial charge in [-0.1, -0.05) is 75.8 Å². The number of anilines is 2. The first kappa shape index (κ1) is 34.9. The highest BCUT2D eigenvalue weighted by molar-refractivity contribution is 6.25. The van der Waals surface area contributed by atoms with E-state index >= 15 is 0 Å². The quantitative estimate of drug-likeness (QED) is 0.183. The van der Waals surface area contributed by atoms with E-state index in [0.717, 1.165) is 52.5 Å². The summed E-state index contributed by atoms with van der Waals surface area (Å²) in [6, 6.07) is 10.1. The van der Waals surface area contributed by atoms with E-state index in [1.807, 2.05) is 45.9 Å². The van der Waals surface area contributed by atoms with Crippen LogP contribution in [0.5, 0.6) is 5.75 Å². The van der Waals surface area contributed by atoms with E-state index in [1.165, 1.54) is 5.56 Å². The summed E-state index contributed by atoms with van der Waals surface area (Å²) >= 11 is 0. The van der Waals surface area contributed by atoms with E-state index in [0.29, 0.717) is 17.9 Å². The predicted molar refractivity (Wildman–Crippen MR) is 185 cm³/mol. The average molecular weight is 603 g/mol. The highest BCUT2D eigenvalue weighted by Crippen LogP contribution is 2.55. The number of hydrogen-bond acceptors (Lipinski definition) is 5. The minimum atomic E-state index is -1.13. The van der Waals surface area contributed by atoms with Crippen LogP contribution < -0.4 is 20.8 Å². The van der Waals surface area contributed by atoms with E-state index in [4.69, 9.17) is 10.5 Å². The van der Waals surface area contributed by atoms with Crippen molar-refractivity contribution in [1.29, 1.82) is 0 Å². The SMILES string of the molecule is C.C=C1Nc2cc3c(cc2C1(C)C)[NH+]=C(C1(C)C(=O)C(C(C)C(C)(C)c2cc(OCCCC)ccc2N)=C1O)C3(C)C.CC. The van der Waals surface area contributed by atoms with Crippen molar-refractivity contribution in [3.63, 3.8) is 0 Å². The summed E-state index contributed by atoms with van der Waals surface area (Å²) in [4.78, 5) is 17.7. The molecule has 2 aromatic carbocycles. The number of rotatable bonds is 8. The molecular weight excluding hydrogens is 546 g/mol. The molecule has 0 bridgehead atoms. The van der Waals surface area contributed by atoms with Gasteiger partial charge in [0.1, 0.15) is 11.5 Å². The Labute approximate surface area is 265 Å². The Morgan fingerprint density at radius 2 is 1.70 bits per heavy atom.